The Labute approximate surface area is 196 Å². The first-order chi connectivity index (χ1) is 16.6. The molecule has 1 aliphatic heterocycles. The van der Waals surface area contributed by atoms with Crippen molar-refractivity contribution in [2.75, 3.05) is 18.0 Å². The maximum Gasteiger partial charge on any atom is 0.229 e. The number of rotatable bonds is 4. The molecule has 0 bridgehead atoms. The largest absolute Gasteiger partial charge is 0.352 e. The summed E-state index contributed by atoms with van der Waals surface area (Å²) in [6.45, 7) is 1.45. The van der Waals surface area contributed by atoms with Crippen LogP contribution in [0.4, 0.5) is 5.82 Å². The minimum Gasteiger partial charge on any atom is -0.352 e. The molecule has 0 spiro atoms. The Morgan fingerprint density at radius 1 is 0.824 bits per heavy atom. The number of hydrogen-bond donors (Lipinski definition) is 0. The first-order valence-electron chi connectivity index (χ1n) is 11.1. The second-order valence-electron chi connectivity index (χ2n) is 8.19. The van der Waals surface area contributed by atoms with E-state index in [-0.39, 0.29) is 15.6 Å². The van der Waals surface area contributed by atoms with Crippen LogP contribution in [-0.2, 0) is 9.84 Å². The lowest BCUT2D eigenvalue weighted by Crippen LogP contribution is -2.29. The Morgan fingerprint density at radius 2 is 1.53 bits per heavy atom. The molecule has 8 heteroatoms. The van der Waals surface area contributed by atoms with Crippen LogP contribution in [0.15, 0.2) is 101 Å². The number of nitrogens with zero attached hydrogens (tertiary/aromatic N) is 5. The van der Waals surface area contributed by atoms with Crippen LogP contribution in [0.25, 0.3) is 22.1 Å². The number of anilines is 1. The highest BCUT2D eigenvalue weighted by Crippen LogP contribution is 2.32. The van der Waals surface area contributed by atoms with Gasteiger partial charge in [0.25, 0.3) is 0 Å². The van der Waals surface area contributed by atoms with Gasteiger partial charge in [0.15, 0.2) is 5.65 Å². The average Bonchev–Trinajstić information content (AvgIpc) is 3.35. The summed E-state index contributed by atoms with van der Waals surface area (Å²) in [5, 5.41) is 9.00. The van der Waals surface area contributed by atoms with E-state index in [1.165, 1.54) is 15.7 Å². The van der Waals surface area contributed by atoms with E-state index >= 15 is 0 Å². The molecular formula is C26H21N5O2S. The standard InChI is InChI=1S/C26H21N5O2S/c32-34(33,21-11-5-2-6-12-21)26-25-27-24(22-13-7-8-14-23(22)31(25)29-28-26)30-17-15-20(16-18-30)19-9-3-1-4-10-19/h1-15H,16-18H2. The van der Waals surface area contributed by atoms with Gasteiger partial charge in [-0.15, -0.1) is 5.10 Å². The van der Waals surface area contributed by atoms with Crippen LogP contribution in [-0.4, -0.2) is 41.3 Å². The molecule has 0 unspecified atom stereocenters. The van der Waals surface area contributed by atoms with Gasteiger partial charge in [-0.1, -0.05) is 72.0 Å². The molecule has 3 heterocycles. The lowest BCUT2D eigenvalue weighted by atomic mass is 9.99. The maximum absolute atomic E-state index is 13.4. The Bertz CT molecular complexity index is 1640. The van der Waals surface area contributed by atoms with Crippen LogP contribution in [0.5, 0.6) is 0 Å². The SMILES string of the molecule is O=S(=O)(c1ccccc1)c1nnn2c1nc(N1CC=C(c3ccccc3)CC1)c1ccccc12. The molecule has 0 aliphatic carbocycles. The summed E-state index contributed by atoms with van der Waals surface area (Å²) in [6, 6.07) is 26.4. The quantitative estimate of drug-likeness (QED) is 0.390. The number of fused-ring (bicyclic) bond motifs is 3. The van der Waals surface area contributed by atoms with E-state index in [9.17, 15) is 8.42 Å². The van der Waals surface area contributed by atoms with E-state index in [0.717, 1.165) is 29.7 Å². The number of aromatic nitrogens is 4. The molecule has 6 rings (SSSR count). The molecule has 0 saturated carbocycles. The van der Waals surface area contributed by atoms with Crippen molar-refractivity contribution in [2.45, 2.75) is 16.3 Å². The molecule has 1 aliphatic rings. The van der Waals surface area contributed by atoms with Gasteiger partial charge in [-0.25, -0.2) is 13.4 Å². The number of para-hydroxylation sites is 1. The average molecular weight is 468 g/mol. The molecule has 0 atom stereocenters. The second-order valence-corrected chi connectivity index (χ2v) is 10.1. The summed E-state index contributed by atoms with van der Waals surface area (Å²) in [6.07, 6.45) is 3.09. The van der Waals surface area contributed by atoms with Crippen LogP contribution >= 0.6 is 0 Å². The molecule has 34 heavy (non-hydrogen) atoms. The third-order valence-corrected chi connectivity index (χ3v) is 7.83. The van der Waals surface area contributed by atoms with Crippen molar-refractivity contribution in [3.63, 3.8) is 0 Å². The van der Waals surface area contributed by atoms with E-state index in [1.807, 2.05) is 42.5 Å². The van der Waals surface area contributed by atoms with Crippen LogP contribution in [0.1, 0.15) is 12.0 Å². The fraction of sp³-hybridized carbons (Fsp3) is 0.115. The summed E-state index contributed by atoms with van der Waals surface area (Å²) in [5.74, 6) is 0.735. The van der Waals surface area contributed by atoms with Gasteiger partial charge in [0.1, 0.15) is 5.82 Å². The molecular weight excluding hydrogens is 446 g/mol. The molecule has 0 amide bonds. The van der Waals surface area contributed by atoms with Gasteiger partial charge in [-0.3, -0.25) is 0 Å². The molecule has 5 aromatic rings. The Hall–Kier alpha value is -4.04. The summed E-state index contributed by atoms with van der Waals surface area (Å²) in [5.41, 5.74) is 3.53. The molecule has 0 radical (unpaired) electrons. The highest BCUT2D eigenvalue weighted by atomic mass is 32.2. The monoisotopic (exact) mass is 467 g/mol. The fourth-order valence-electron chi connectivity index (χ4n) is 4.43. The first-order valence-corrected chi connectivity index (χ1v) is 12.5. The third-order valence-electron chi connectivity index (χ3n) is 6.16. The molecule has 0 fully saturated rings. The van der Waals surface area contributed by atoms with Crippen molar-refractivity contribution < 1.29 is 8.42 Å². The molecule has 0 N–H and O–H groups in total. The summed E-state index contributed by atoms with van der Waals surface area (Å²) < 4.78 is 28.2. The van der Waals surface area contributed by atoms with Crippen molar-refractivity contribution in [1.82, 2.24) is 19.8 Å². The van der Waals surface area contributed by atoms with E-state index in [4.69, 9.17) is 4.98 Å². The van der Waals surface area contributed by atoms with Gasteiger partial charge in [-0.05, 0) is 41.8 Å². The first kappa shape index (κ1) is 20.6. The number of hydrogen-bond acceptors (Lipinski definition) is 6. The van der Waals surface area contributed by atoms with Gasteiger partial charge in [-0.2, -0.15) is 4.52 Å². The lowest BCUT2D eigenvalue weighted by Gasteiger charge is -2.28. The lowest BCUT2D eigenvalue weighted by molar-refractivity contribution is 0.592. The van der Waals surface area contributed by atoms with Gasteiger partial charge in [0.05, 0.1) is 10.4 Å². The smallest absolute Gasteiger partial charge is 0.229 e. The molecule has 168 valence electrons. The van der Waals surface area contributed by atoms with Gasteiger partial charge in [0, 0.05) is 18.5 Å². The molecule has 2 aromatic heterocycles. The van der Waals surface area contributed by atoms with Crippen LogP contribution in [0, 0.1) is 0 Å². The number of sulfone groups is 1. The van der Waals surface area contributed by atoms with E-state index in [2.05, 4.69) is 33.4 Å². The van der Waals surface area contributed by atoms with Crippen LogP contribution < -0.4 is 4.90 Å². The molecule has 0 saturated heterocycles. The van der Waals surface area contributed by atoms with E-state index in [1.54, 1.807) is 30.3 Å². The fourth-order valence-corrected chi connectivity index (χ4v) is 5.69. The van der Waals surface area contributed by atoms with Crippen molar-refractivity contribution in [3.8, 4) is 0 Å². The van der Waals surface area contributed by atoms with Crippen molar-refractivity contribution >= 4 is 37.8 Å². The van der Waals surface area contributed by atoms with E-state index < -0.39 is 9.84 Å². The van der Waals surface area contributed by atoms with Crippen LogP contribution in [0.3, 0.4) is 0 Å². The van der Waals surface area contributed by atoms with Gasteiger partial charge < -0.3 is 4.90 Å². The molecule has 7 nitrogen and oxygen atoms in total. The Morgan fingerprint density at radius 3 is 2.26 bits per heavy atom. The van der Waals surface area contributed by atoms with Crippen molar-refractivity contribution in [2.24, 2.45) is 0 Å². The second kappa shape index (κ2) is 8.07. The van der Waals surface area contributed by atoms with Crippen LogP contribution in [0.2, 0.25) is 0 Å². The zero-order valence-electron chi connectivity index (χ0n) is 18.2. The minimum atomic E-state index is -3.87. The third kappa shape index (κ3) is 3.34. The topological polar surface area (TPSA) is 80.5 Å². The van der Waals surface area contributed by atoms with Gasteiger partial charge >= 0.3 is 0 Å². The minimum absolute atomic E-state index is 0.136. The van der Waals surface area contributed by atoms with Gasteiger partial charge in [0.2, 0.25) is 14.9 Å². The summed E-state index contributed by atoms with van der Waals surface area (Å²) in [4.78, 5) is 7.18. The Balaban J connectivity index is 1.49. The molecule has 3 aromatic carbocycles. The summed E-state index contributed by atoms with van der Waals surface area (Å²) >= 11 is 0. The zero-order valence-corrected chi connectivity index (χ0v) is 19.1. The summed E-state index contributed by atoms with van der Waals surface area (Å²) in [7, 11) is -3.87. The Kier molecular flexibility index (Phi) is 4.88. The predicted octanol–water partition coefficient (Wildman–Crippen LogP) is 4.40. The highest BCUT2D eigenvalue weighted by Gasteiger charge is 2.28. The maximum atomic E-state index is 13.4. The van der Waals surface area contributed by atoms with Crippen molar-refractivity contribution in [3.05, 3.63) is 96.6 Å². The highest BCUT2D eigenvalue weighted by molar-refractivity contribution is 7.91. The van der Waals surface area contributed by atoms with E-state index in [0.29, 0.717) is 6.54 Å². The van der Waals surface area contributed by atoms with Crippen molar-refractivity contribution in [1.29, 1.82) is 0 Å². The number of benzene rings is 3. The zero-order chi connectivity index (χ0) is 23.1. The predicted molar refractivity (Wildman–Crippen MR) is 131 cm³/mol. The normalized spacial score (nSPS) is 14.5.